The first-order valence-electron chi connectivity index (χ1n) is 19.3. The fraction of sp³-hybridized carbons (Fsp3) is 0.409. The second kappa shape index (κ2) is 21.0. The van der Waals surface area contributed by atoms with Crippen LogP contribution < -0.4 is 15.8 Å². The predicted octanol–water partition coefficient (Wildman–Crippen LogP) is 8.78. The maximum absolute atomic E-state index is 13.1. The molecule has 2 heterocycles. The predicted molar refractivity (Wildman–Crippen MR) is 231 cm³/mol. The number of hydrogen-bond donors (Lipinski definition) is 2. The number of nitrogens with zero attached hydrogens (tertiary/aromatic N) is 4. The number of carbonyl (C=O) groups is 4. The summed E-state index contributed by atoms with van der Waals surface area (Å²) in [5.74, 6) is -1.56. The quantitative estimate of drug-likeness (QED) is 0.0465. The van der Waals surface area contributed by atoms with Crippen LogP contribution in [0.15, 0.2) is 58.0 Å². The molecule has 0 bridgehead atoms. The highest BCUT2D eigenvalue weighted by Crippen LogP contribution is 2.42. The van der Waals surface area contributed by atoms with Crippen LogP contribution in [0.1, 0.15) is 78.8 Å². The average molecular weight is 889 g/mol. The number of anilines is 1. The first-order chi connectivity index (χ1) is 29.1. The average Bonchev–Trinajstić information content (AvgIpc) is 3.56. The summed E-state index contributed by atoms with van der Waals surface area (Å²) in [6, 6.07) is 14.5. The van der Waals surface area contributed by atoms with Crippen LogP contribution in [0.3, 0.4) is 0 Å². The zero-order valence-electron chi connectivity index (χ0n) is 35.9. The third kappa shape index (κ3) is 14.1. The van der Waals surface area contributed by atoms with Gasteiger partial charge in [-0.1, -0.05) is 42.4 Å². The second-order valence-corrected chi connectivity index (χ2v) is 17.4. The number of aryl methyl sites for hydroxylation is 1. The van der Waals surface area contributed by atoms with Gasteiger partial charge in [0.25, 0.3) is 0 Å². The summed E-state index contributed by atoms with van der Waals surface area (Å²) in [5, 5.41) is 13.6. The van der Waals surface area contributed by atoms with E-state index < -0.39 is 59.9 Å². The van der Waals surface area contributed by atoms with Crippen molar-refractivity contribution in [3.63, 3.8) is 0 Å². The molecule has 2 aromatic heterocycles. The topological polar surface area (TPSA) is 220 Å². The normalized spacial score (nSPS) is 12.8. The highest BCUT2D eigenvalue weighted by Gasteiger charge is 2.28. The Kier molecular flexibility index (Phi) is 16.4. The number of thioether (sulfide) groups is 1. The molecule has 0 aliphatic carbocycles. The van der Waals surface area contributed by atoms with E-state index in [1.807, 2.05) is 0 Å². The van der Waals surface area contributed by atoms with Crippen molar-refractivity contribution in [2.24, 2.45) is 5.92 Å². The lowest BCUT2D eigenvalue weighted by molar-refractivity contribution is -0.166. The third-order valence-corrected chi connectivity index (χ3v) is 9.61. The molecule has 0 radical (unpaired) electrons. The van der Waals surface area contributed by atoms with Gasteiger partial charge in [-0.3, -0.25) is 9.59 Å². The summed E-state index contributed by atoms with van der Waals surface area (Å²) in [7, 11) is 0. The first kappa shape index (κ1) is 48.4. The van der Waals surface area contributed by atoms with Gasteiger partial charge in [-0.15, -0.1) is 0 Å². The Morgan fingerprint density at radius 3 is 2.18 bits per heavy atom. The van der Waals surface area contributed by atoms with Gasteiger partial charge in [0.05, 0.1) is 30.2 Å². The minimum atomic E-state index is -1.17. The molecule has 328 valence electrons. The molecule has 0 saturated carbocycles. The number of rotatable bonds is 16. The summed E-state index contributed by atoms with van der Waals surface area (Å²) in [4.78, 5) is 63.2. The monoisotopic (exact) mass is 888 g/mol. The van der Waals surface area contributed by atoms with Crippen molar-refractivity contribution in [1.29, 1.82) is 5.26 Å². The Labute approximate surface area is 369 Å². The smallest absolute Gasteiger partial charge is 0.408 e. The molecule has 0 saturated heterocycles. The number of aromatic nitrogens is 2. The van der Waals surface area contributed by atoms with Crippen LogP contribution in [0.2, 0.25) is 5.02 Å². The zero-order chi connectivity index (χ0) is 45.9. The Morgan fingerprint density at radius 2 is 1.58 bits per heavy atom. The van der Waals surface area contributed by atoms with Crippen molar-refractivity contribution in [2.45, 2.75) is 103 Å². The maximum Gasteiger partial charge on any atom is 0.408 e. The van der Waals surface area contributed by atoms with Crippen LogP contribution in [0.5, 0.6) is 5.75 Å². The molecular formula is C44H49ClN6O10S. The Bertz CT molecular complexity index is 2340. The molecule has 4 aromatic rings. The van der Waals surface area contributed by atoms with Crippen LogP contribution in [-0.4, -0.2) is 70.5 Å². The number of ether oxygens (including phenoxy) is 5. The molecule has 4 rings (SSSR count). The molecule has 0 spiro atoms. The number of esters is 3. The standard InChI is InChI=1S/C44H49ClN6O10S/c1-24(19-34(52)60-43(4,5)6)40(53)57-22-31(59-41(54)25(2)49-42(55)61-44(7,8)9)21-56-30-17-13-27(14-18-30)35-32(20-46)39(51-37(47)36(35)48-10)62-23-33-26(3)58-38(50-33)28-11-15-29(45)16-12-28/h11-18,24-25,31H,19,21-23H2,1-9H3,(H2,47,51)(H,49,55)/t24-,25+,31-/m1/s1. The van der Waals surface area contributed by atoms with E-state index in [1.165, 1.54) is 25.6 Å². The van der Waals surface area contributed by atoms with E-state index in [0.29, 0.717) is 27.9 Å². The van der Waals surface area contributed by atoms with Crippen molar-refractivity contribution < 1.29 is 47.3 Å². The SMILES string of the molecule is [C-]#[N+]c1c(N)nc(SCc2nc(-c3ccc(Cl)cc3)oc2C)c(C#N)c1-c1ccc(OC[C@H](COC(=O)[C@H](C)CC(=O)OC(C)(C)C)OC(=O)[C@H](C)NC(=O)OC(C)(C)C)cc1. The second-order valence-electron chi connectivity index (χ2n) is 16.0. The van der Waals surface area contributed by atoms with E-state index in [9.17, 15) is 24.4 Å². The number of nitrogens with one attached hydrogen (secondary N) is 1. The Hall–Kier alpha value is -6.30. The number of oxazole rings is 1. The lowest BCUT2D eigenvalue weighted by Crippen LogP contribution is -2.44. The number of pyridine rings is 1. The Balaban J connectivity index is 1.51. The molecular weight excluding hydrogens is 840 g/mol. The molecule has 3 atom stereocenters. The lowest BCUT2D eigenvalue weighted by atomic mass is 10.00. The van der Waals surface area contributed by atoms with Gasteiger partial charge in [0.2, 0.25) is 11.6 Å². The van der Waals surface area contributed by atoms with Crippen molar-refractivity contribution in [2.75, 3.05) is 18.9 Å². The number of alkyl carbamates (subject to hydrolysis) is 1. The number of nitrogen functional groups attached to an aromatic ring is 1. The molecule has 2 aromatic carbocycles. The van der Waals surface area contributed by atoms with E-state index in [-0.39, 0.29) is 52.2 Å². The number of benzene rings is 2. The van der Waals surface area contributed by atoms with E-state index in [4.69, 9.17) is 52.0 Å². The van der Waals surface area contributed by atoms with E-state index in [2.05, 4.69) is 26.2 Å². The van der Waals surface area contributed by atoms with Gasteiger partial charge >= 0.3 is 24.0 Å². The zero-order valence-corrected chi connectivity index (χ0v) is 37.5. The van der Waals surface area contributed by atoms with Crippen molar-refractivity contribution in [3.8, 4) is 34.4 Å². The molecule has 16 nitrogen and oxygen atoms in total. The van der Waals surface area contributed by atoms with Gasteiger partial charge in [0.15, 0.2) is 6.10 Å². The van der Waals surface area contributed by atoms with Crippen LogP contribution in [0.4, 0.5) is 16.3 Å². The maximum atomic E-state index is 13.1. The summed E-state index contributed by atoms with van der Waals surface area (Å²) in [6.45, 7) is 21.9. The number of nitriles is 1. The van der Waals surface area contributed by atoms with Gasteiger partial charge in [-0.25, -0.2) is 24.4 Å². The van der Waals surface area contributed by atoms with Crippen molar-refractivity contribution >= 4 is 58.9 Å². The molecule has 0 aliphatic rings. The largest absolute Gasteiger partial charge is 0.490 e. The molecule has 0 unspecified atom stereocenters. The van der Waals surface area contributed by atoms with Gasteiger partial charge < -0.3 is 39.2 Å². The van der Waals surface area contributed by atoms with Gasteiger partial charge in [-0.05, 0) is 97.4 Å². The van der Waals surface area contributed by atoms with Crippen LogP contribution in [0, 0.1) is 30.7 Å². The molecule has 18 heteroatoms. The number of halogens is 1. The lowest BCUT2D eigenvalue weighted by Gasteiger charge is -2.24. The Morgan fingerprint density at radius 1 is 0.952 bits per heavy atom. The summed E-state index contributed by atoms with van der Waals surface area (Å²) in [6.07, 6.45) is -2.25. The summed E-state index contributed by atoms with van der Waals surface area (Å²) >= 11 is 7.25. The van der Waals surface area contributed by atoms with Gasteiger partial charge in [-0.2, -0.15) is 5.26 Å². The first-order valence-corrected chi connectivity index (χ1v) is 20.7. The number of carbonyl (C=O) groups excluding carboxylic acids is 4. The highest BCUT2D eigenvalue weighted by molar-refractivity contribution is 7.98. The van der Waals surface area contributed by atoms with Crippen molar-refractivity contribution in [1.82, 2.24) is 15.3 Å². The van der Waals surface area contributed by atoms with E-state index in [1.54, 1.807) is 97.0 Å². The number of amides is 1. The van der Waals surface area contributed by atoms with Crippen LogP contribution in [0.25, 0.3) is 27.4 Å². The third-order valence-electron chi connectivity index (χ3n) is 8.37. The molecule has 62 heavy (non-hydrogen) atoms. The summed E-state index contributed by atoms with van der Waals surface area (Å²) in [5.41, 5.74) is 6.96. The highest BCUT2D eigenvalue weighted by atomic mass is 35.5. The fourth-order valence-electron chi connectivity index (χ4n) is 5.46. The molecule has 0 aliphatic heterocycles. The van der Waals surface area contributed by atoms with E-state index in [0.717, 1.165) is 5.56 Å². The summed E-state index contributed by atoms with van der Waals surface area (Å²) < 4.78 is 33.4. The molecule has 1 amide bonds. The number of nitrogens with two attached hydrogens (primary N) is 1. The number of hydrogen-bond acceptors (Lipinski definition) is 15. The van der Waals surface area contributed by atoms with E-state index >= 15 is 0 Å². The van der Waals surface area contributed by atoms with Gasteiger partial charge in [0, 0.05) is 21.9 Å². The molecule has 0 fully saturated rings. The molecule has 3 N–H and O–H groups in total. The minimum Gasteiger partial charge on any atom is -0.490 e. The van der Waals surface area contributed by atoms with Gasteiger partial charge in [0.1, 0.15) is 58.9 Å². The minimum absolute atomic E-state index is 0.00832. The van der Waals surface area contributed by atoms with Crippen LogP contribution >= 0.6 is 23.4 Å². The van der Waals surface area contributed by atoms with Crippen molar-refractivity contribution in [3.05, 3.63) is 82.0 Å². The fourth-order valence-corrected chi connectivity index (χ4v) is 6.58. The van der Waals surface area contributed by atoms with Crippen LogP contribution in [-0.2, 0) is 39.1 Å².